The predicted octanol–water partition coefficient (Wildman–Crippen LogP) is 1.46. The van der Waals surface area contributed by atoms with Gasteiger partial charge in [0.1, 0.15) is 0 Å². The molecule has 1 heterocycles. The normalized spacial score (nSPS) is 25.0. The first-order valence-corrected chi connectivity index (χ1v) is 5.62. The molecule has 0 aliphatic carbocycles. The number of hydrogen-bond acceptors (Lipinski definition) is 3. The van der Waals surface area contributed by atoms with Crippen LogP contribution in [0.15, 0.2) is 24.3 Å². The Labute approximate surface area is 95.8 Å². The molecule has 0 unspecified atom stereocenters. The molecule has 0 spiro atoms. The van der Waals surface area contributed by atoms with Crippen molar-refractivity contribution in [3.63, 3.8) is 0 Å². The second-order valence-electron chi connectivity index (χ2n) is 4.30. The maximum atomic E-state index is 8.70. The van der Waals surface area contributed by atoms with Crippen molar-refractivity contribution in [3.8, 4) is 6.07 Å². The number of benzene rings is 1. The van der Waals surface area contributed by atoms with Gasteiger partial charge in [-0.05, 0) is 30.5 Å². The van der Waals surface area contributed by atoms with Crippen molar-refractivity contribution in [3.05, 3.63) is 35.4 Å². The van der Waals surface area contributed by atoms with E-state index in [4.69, 9.17) is 15.7 Å². The van der Waals surface area contributed by atoms with Gasteiger partial charge in [0.25, 0.3) is 0 Å². The Morgan fingerprint density at radius 3 is 2.75 bits per heavy atom. The maximum Gasteiger partial charge on any atom is 0.0991 e. The average molecular weight is 216 g/mol. The molecule has 16 heavy (non-hydrogen) atoms. The largest absolute Gasteiger partial charge is 0.381 e. The number of rotatable bonds is 2. The van der Waals surface area contributed by atoms with Crippen LogP contribution in [-0.4, -0.2) is 19.3 Å². The molecule has 0 bridgehead atoms. The van der Waals surface area contributed by atoms with Crippen LogP contribution in [0.4, 0.5) is 0 Å². The van der Waals surface area contributed by atoms with Gasteiger partial charge in [-0.25, -0.2) is 0 Å². The Balaban J connectivity index is 2.00. The summed E-state index contributed by atoms with van der Waals surface area (Å²) in [7, 11) is 0. The van der Waals surface area contributed by atoms with Crippen molar-refractivity contribution < 1.29 is 4.74 Å². The molecule has 0 saturated carbocycles. The van der Waals surface area contributed by atoms with E-state index in [9.17, 15) is 0 Å². The highest BCUT2D eigenvalue weighted by atomic mass is 16.5. The van der Waals surface area contributed by atoms with Gasteiger partial charge in [-0.15, -0.1) is 0 Å². The Hall–Kier alpha value is -1.37. The molecule has 2 N–H and O–H groups in total. The summed E-state index contributed by atoms with van der Waals surface area (Å²) in [5.74, 6) is 0.404. The first-order valence-electron chi connectivity index (χ1n) is 5.62. The van der Waals surface area contributed by atoms with E-state index in [0.717, 1.165) is 26.1 Å². The summed E-state index contributed by atoms with van der Waals surface area (Å²) < 4.78 is 5.44. The molecular weight excluding hydrogens is 200 g/mol. The quantitative estimate of drug-likeness (QED) is 0.814. The number of nitrogens with zero attached hydrogens (tertiary/aromatic N) is 1. The summed E-state index contributed by atoms with van der Waals surface area (Å²) in [5.41, 5.74) is 7.98. The van der Waals surface area contributed by atoms with E-state index in [0.29, 0.717) is 11.5 Å². The molecule has 1 aromatic carbocycles. The molecule has 1 aromatic rings. The van der Waals surface area contributed by atoms with Crippen LogP contribution >= 0.6 is 0 Å². The molecular formula is C13H16N2O. The SMILES string of the molecule is N#Cc1ccc(C[C@H]2COCC[C@H]2N)cc1. The van der Waals surface area contributed by atoms with Crippen LogP contribution in [0.2, 0.25) is 0 Å². The van der Waals surface area contributed by atoms with Gasteiger partial charge in [0.15, 0.2) is 0 Å². The summed E-state index contributed by atoms with van der Waals surface area (Å²) in [5, 5.41) is 8.70. The summed E-state index contributed by atoms with van der Waals surface area (Å²) >= 11 is 0. The summed E-state index contributed by atoms with van der Waals surface area (Å²) in [4.78, 5) is 0. The Morgan fingerprint density at radius 2 is 2.12 bits per heavy atom. The third kappa shape index (κ3) is 2.60. The first-order chi connectivity index (χ1) is 7.79. The molecule has 1 saturated heterocycles. The molecule has 3 heteroatoms. The van der Waals surface area contributed by atoms with Gasteiger partial charge in [-0.2, -0.15) is 5.26 Å². The van der Waals surface area contributed by atoms with Crippen molar-refractivity contribution in [2.75, 3.05) is 13.2 Å². The van der Waals surface area contributed by atoms with Crippen LogP contribution in [0.5, 0.6) is 0 Å². The van der Waals surface area contributed by atoms with Crippen molar-refractivity contribution in [1.82, 2.24) is 0 Å². The number of ether oxygens (including phenoxy) is 1. The average Bonchev–Trinajstić information content (AvgIpc) is 2.33. The van der Waals surface area contributed by atoms with Gasteiger partial charge in [0, 0.05) is 18.6 Å². The monoisotopic (exact) mass is 216 g/mol. The van der Waals surface area contributed by atoms with E-state index in [1.54, 1.807) is 0 Å². The molecule has 1 aliphatic heterocycles. The fraction of sp³-hybridized carbons (Fsp3) is 0.462. The minimum atomic E-state index is 0.240. The predicted molar refractivity (Wildman–Crippen MR) is 61.8 cm³/mol. The zero-order valence-corrected chi connectivity index (χ0v) is 9.23. The molecule has 0 amide bonds. The minimum Gasteiger partial charge on any atom is -0.381 e. The zero-order chi connectivity index (χ0) is 11.4. The highest BCUT2D eigenvalue weighted by Gasteiger charge is 2.22. The second-order valence-corrected chi connectivity index (χ2v) is 4.30. The zero-order valence-electron chi connectivity index (χ0n) is 9.23. The highest BCUT2D eigenvalue weighted by molar-refractivity contribution is 5.31. The molecule has 2 atom stereocenters. The Bertz CT molecular complexity index is 380. The van der Waals surface area contributed by atoms with Crippen molar-refractivity contribution in [2.45, 2.75) is 18.9 Å². The van der Waals surface area contributed by atoms with Gasteiger partial charge in [0.05, 0.1) is 18.2 Å². The van der Waals surface area contributed by atoms with Crippen LogP contribution in [0.25, 0.3) is 0 Å². The van der Waals surface area contributed by atoms with Crippen LogP contribution in [0.3, 0.4) is 0 Å². The van der Waals surface area contributed by atoms with Crippen molar-refractivity contribution in [2.24, 2.45) is 11.7 Å². The number of hydrogen-bond donors (Lipinski definition) is 1. The topological polar surface area (TPSA) is 59.0 Å². The molecule has 0 aromatic heterocycles. The van der Waals surface area contributed by atoms with E-state index >= 15 is 0 Å². The highest BCUT2D eigenvalue weighted by Crippen LogP contribution is 2.18. The lowest BCUT2D eigenvalue weighted by Gasteiger charge is -2.28. The van der Waals surface area contributed by atoms with Gasteiger partial charge < -0.3 is 10.5 Å². The number of nitriles is 1. The van der Waals surface area contributed by atoms with E-state index in [1.807, 2.05) is 24.3 Å². The standard InChI is InChI=1S/C13H16N2O/c14-8-11-3-1-10(2-4-11)7-12-9-16-6-5-13(12)15/h1-4,12-13H,5-7,9,15H2/t12-,13+/m0/s1. The lowest BCUT2D eigenvalue weighted by molar-refractivity contribution is 0.0422. The van der Waals surface area contributed by atoms with Crippen molar-refractivity contribution >= 4 is 0 Å². The van der Waals surface area contributed by atoms with Gasteiger partial charge in [-0.3, -0.25) is 0 Å². The van der Waals surface area contributed by atoms with Gasteiger partial charge in [0.2, 0.25) is 0 Å². The van der Waals surface area contributed by atoms with E-state index in [-0.39, 0.29) is 6.04 Å². The fourth-order valence-electron chi connectivity index (χ4n) is 2.04. The summed E-state index contributed by atoms with van der Waals surface area (Å²) in [6.45, 7) is 1.53. The summed E-state index contributed by atoms with van der Waals surface area (Å²) in [6.07, 6.45) is 1.88. The van der Waals surface area contributed by atoms with E-state index in [2.05, 4.69) is 6.07 Å². The molecule has 0 radical (unpaired) electrons. The maximum absolute atomic E-state index is 8.70. The lowest BCUT2D eigenvalue weighted by atomic mass is 9.90. The van der Waals surface area contributed by atoms with Crippen LogP contribution in [0.1, 0.15) is 17.5 Å². The molecule has 84 valence electrons. The van der Waals surface area contributed by atoms with Crippen LogP contribution in [0, 0.1) is 17.2 Å². The van der Waals surface area contributed by atoms with Gasteiger partial charge >= 0.3 is 0 Å². The van der Waals surface area contributed by atoms with Crippen molar-refractivity contribution in [1.29, 1.82) is 5.26 Å². The fourth-order valence-corrected chi connectivity index (χ4v) is 2.04. The molecule has 3 nitrogen and oxygen atoms in total. The van der Waals surface area contributed by atoms with E-state index in [1.165, 1.54) is 5.56 Å². The Kier molecular flexibility index (Phi) is 3.55. The first kappa shape index (κ1) is 11.1. The molecule has 1 aliphatic rings. The van der Waals surface area contributed by atoms with Crippen LogP contribution < -0.4 is 5.73 Å². The third-order valence-electron chi connectivity index (χ3n) is 3.11. The van der Waals surface area contributed by atoms with E-state index < -0.39 is 0 Å². The third-order valence-corrected chi connectivity index (χ3v) is 3.11. The molecule has 1 fully saturated rings. The smallest absolute Gasteiger partial charge is 0.0991 e. The van der Waals surface area contributed by atoms with Gasteiger partial charge in [-0.1, -0.05) is 12.1 Å². The minimum absolute atomic E-state index is 0.240. The summed E-state index contributed by atoms with van der Waals surface area (Å²) in [6, 6.07) is 10.1. The lowest BCUT2D eigenvalue weighted by Crippen LogP contribution is -2.39. The van der Waals surface area contributed by atoms with Crippen LogP contribution in [-0.2, 0) is 11.2 Å². The number of nitrogens with two attached hydrogens (primary N) is 1. The second kappa shape index (κ2) is 5.11. The molecule has 2 rings (SSSR count). The Morgan fingerprint density at radius 1 is 1.38 bits per heavy atom.